The van der Waals surface area contributed by atoms with Crippen molar-refractivity contribution >= 4 is 35.2 Å². The molecule has 0 radical (unpaired) electrons. The molecular weight excluding hydrogens is 664 g/mol. The summed E-state index contributed by atoms with van der Waals surface area (Å²) < 4.78 is 0. The SMILES string of the molecule is CCCC(NC(=O)[C@@H]1CCCN1C(=O)C(NC(=O)NC(CN(C)c1c(C(C)(C)C)c(=O)c1=O)C(C)(C)C)C1(C)CCCCC1)C(=O)C(=O)NC1CC1. The van der Waals surface area contributed by atoms with Crippen LogP contribution in [0.3, 0.4) is 0 Å². The van der Waals surface area contributed by atoms with Crippen LogP contribution in [0.2, 0.25) is 0 Å². The van der Waals surface area contributed by atoms with Crippen molar-refractivity contribution in [1.82, 2.24) is 26.2 Å². The third-order valence-electron chi connectivity index (χ3n) is 11.2. The maximum absolute atomic E-state index is 14.6. The molecule has 13 heteroatoms. The molecule has 5 amide bonds. The fraction of sp³-hybridized carbons (Fsp3) is 0.769. The van der Waals surface area contributed by atoms with Gasteiger partial charge in [0.05, 0.1) is 17.8 Å². The van der Waals surface area contributed by atoms with Gasteiger partial charge in [0.25, 0.3) is 5.91 Å². The maximum Gasteiger partial charge on any atom is 0.315 e. The quantitative estimate of drug-likeness (QED) is 0.212. The number of urea groups is 1. The standard InChI is InChI=1S/C39H62N6O7/c1-10-15-24(29(46)34(50)40-23-17-18-23)41-33(49)25-16-14-21-45(25)35(51)32(39(8)19-12-11-13-20-39)43-36(52)42-26(37(2,3)4)22-44(9)28-27(38(5,6)7)30(47)31(28)48/h23-26,32H,10-22H2,1-9H3,(H,40,50)(H,41,49)(H2,42,43,52)/t24?,25-,26?,32?/m0/s1. The van der Waals surface area contributed by atoms with Crippen molar-refractivity contribution in [3.63, 3.8) is 0 Å². The smallest absolute Gasteiger partial charge is 0.315 e. The minimum Gasteiger partial charge on any atom is -0.369 e. The average Bonchev–Trinajstić information content (AvgIpc) is 3.73. The van der Waals surface area contributed by atoms with E-state index in [-0.39, 0.29) is 18.5 Å². The van der Waals surface area contributed by atoms with Gasteiger partial charge in [0.2, 0.25) is 28.5 Å². The fourth-order valence-electron chi connectivity index (χ4n) is 7.79. The molecular formula is C39H62N6O7. The van der Waals surface area contributed by atoms with Gasteiger partial charge >= 0.3 is 6.03 Å². The van der Waals surface area contributed by atoms with E-state index in [4.69, 9.17) is 0 Å². The number of likely N-dealkylation sites (tertiary alicyclic amines) is 1. The van der Waals surface area contributed by atoms with Crippen LogP contribution in [-0.2, 0) is 24.6 Å². The van der Waals surface area contributed by atoms with Crippen LogP contribution in [0.4, 0.5) is 10.5 Å². The number of ketones is 1. The van der Waals surface area contributed by atoms with E-state index in [0.29, 0.717) is 43.5 Å². The van der Waals surface area contributed by atoms with Crippen molar-refractivity contribution in [2.24, 2.45) is 10.8 Å². The van der Waals surface area contributed by atoms with Gasteiger partial charge in [0.15, 0.2) is 0 Å². The largest absolute Gasteiger partial charge is 0.369 e. The molecule has 3 fully saturated rings. The van der Waals surface area contributed by atoms with Gasteiger partial charge in [-0.2, -0.15) is 0 Å². The lowest BCUT2D eigenvalue weighted by Gasteiger charge is -2.43. The number of likely N-dealkylation sites (N-methyl/N-ethyl adjacent to an activating group) is 1. The summed E-state index contributed by atoms with van der Waals surface area (Å²) in [7, 11) is 1.75. The summed E-state index contributed by atoms with van der Waals surface area (Å²) in [5.74, 6) is -2.19. The van der Waals surface area contributed by atoms with Gasteiger partial charge in [-0.15, -0.1) is 0 Å². The van der Waals surface area contributed by atoms with Gasteiger partial charge in [-0.3, -0.25) is 28.8 Å². The molecule has 4 N–H and O–H groups in total. The van der Waals surface area contributed by atoms with Crippen LogP contribution in [0.15, 0.2) is 9.59 Å². The molecule has 2 aliphatic carbocycles. The highest BCUT2D eigenvalue weighted by molar-refractivity contribution is 6.38. The van der Waals surface area contributed by atoms with E-state index in [9.17, 15) is 33.6 Å². The molecule has 13 nitrogen and oxygen atoms in total. The molecule has 1 aromatic rings. The molecule has 4 atom stereocenters. The number of hydrogen-bond acceptors (Lipinski definition) is 8. The van der Waals surface area contributed by atoms with E-state index in [2.05, 4.69) is 21.3 Å². The van der Waals surface area contributed by atoms with E-state index >= 15 is 0 Å². The molecule has 1 saturated heterocycles. The van der Waals surface area contributed by atoms with Gasteiger partial charge in [0.1, 0.15) is 12.1 Å². The Morgan fingerprint density at radius 2 is 1.52 bits per heavy atom. The first kappa shape index (κ1) is 41.0. The molecule has 0 aromatic heterocycles. The topological polar surface area (TPSA) is 174 Å². The van der Waals surface area contributed by atoms with E-state index in [0.717, 1.165) is 44.9 Å². The molecule has 3 aliphatic rings. The van der Waals surface area contributed by atoms with Crippen LogP contribution in [0.1, 0.15) is 132 Å². The Hall–Kier alpha value is -3.77. The lowest BCUT2D eigenvalue weighted by atomic mass is 9.70. The molecule has 1 aliphatic heterocycles. The zero-order chi connectivity index (χ0) is 38.8. The summed E-state index contributed by atoms with van der Waals surface area (Å²) in [5.41, 5.74) is -1.70. The highest BCUT2D eigenvalue weighted by Gasteiger charge is 2.47. The first-order valence-electron chi connectivity index (χ1n) is 19.3. The minimum atomic E-state index is -0.986. The molecule has 2 saturated carbocycles. The summed E-state index contributed by atoms with van der Waals surface area (Å²) >= 11 is 0. The molecule has 52 heavy (non-hydrogen) atoms. The predicted octanol–water partition coefficient (Wildman–Crippen LogP) is 3.19. The molecule has 4 rings (SSSR count). The third-order valence-corrected chi connectivity index (χ3v) is 11.2. The Kier molecular flexibility index (Phi) is 12.7. The van der Waals surface area contributed by atoms with Crippen LogP contribution in [0.25, 0.3) is 0 Å². The molecule has 1 aromatic carbocycles. The Bertz CT molecular complexity index is 1570. The van der Waals surface area contributed by atoms with Gasteiger partial charge in [-0.1, -0.05) is 81.1 Å². The summed E-state index contributed by atoms with van der Waals surface area (Å²) in [6.45, 7) is 16.1. The van der Waals surface area contributed by atoms with Crippen molar-refractivity contribution in [2.45, 2.75) is 162 Å². The first-order chi connectivity index (χ1) is 24.2. The number of rotatable bonds is 14. The van der Waals surface area contributed by atoms with Crippen molar-refractivity contribution < 1.29 is 24.0 Å². The Balaban J connectivity index is 1.52. The number of nitrogens with one attached hydrogen (secondary N) is 4. The summed E-state index contributed by atoms with van der Waals surface area (Å²) in [6, 6.07) is -3.74. The van der Waals surface area contributed by atoms with Crippen molar-refractivity contribution in [3.05, 3.63) is 26.0 Å². The minimum absolute atomic E-state index is 0.0103. The Labute approximate surface area is 308 Å². The van der Waals surface area contributed by atoms with Crippen LogP contribution in [0.5, 0.6) is 0 Å². The lowest BCUT2D eigenvalue weighted by molar-refractivity contribution is -0.144. The second kappa shape index (κ2) is 16.1. The predicted molar refractivity (Wildman–Crippen MR) is 201 cm³/mol. The lowest BCUT2D eigenvalue weighted by Crippen LogP contribution is -2.63. The van der Waals surface area contributed by atoms with Crippen molar-refractivity contribution in [1.29, 1.82) is 0 Å². The number of carbonyl (C=O) groups is 5. The summed E-state index contributed by atoms with van der Waals surface area (Å²) in [5, 5.41) is 11.6. The number of Topliss-reactive ketones (excluding diaryl/α,β-unsaturated/α-hetero) is 1. The zero-order valence-corrected chi connectivity index (χ0v) is 32.8. The van der Waals surface area contributed by atoms with Crippen LogP contribution in [0, 0.1) is 10.8 Å². The summed E-state index contributed by atoms with van der Waals surface area (Å²) in [4.78, 5) is 96.3. The molecule has 0 bridgehead atoms. The molecule has 3 unspecified atom stereocenters. The second-order valence-corrected chi connectivity index (χ2v) is 17.8. The average molecular weight is 727 g/mol. The number of anilines is 1. The van der Waals surface area contributed by atoms with Gasteiger partial charge in [0, 0.05) is 31.7 Å². The molecule has 1 heterocycles. The number of carbonyl (C=O) groups excluding carboxylic acids is 5. The number of amides is 5. The maximum atomic E-state index is 14.6. The highest BCUT2D eigenvalue weighted by atomic mass is 16.2. The highest BCUT2D eigenvalue weighted by Crippen LogP contribution is 2.40. The first-order valence-corrected chi connectivity index (χ1v) is 19.3. The van der Waals surface area contributed by atoms with E-state index in [1.54, 1.807) is 11.9 Å². The Morgan fingerprint density at radius 3 is 2.08 bits per heavy atom. The Morgan fingerprint density at radius 1 is 0.885 bits per heavy atom. The number of nitrogens with zero attached hydrogens (tertiary/aromatic N) is 2. The third kappa shape index (κ3) is 9.41. The molecule has 0 spiro atoms. The van der Waals surface area contributed by atoms with Gasteiger partial charge in [-0.05, 0) is 61.2 Å². The van der Waals surface area contributed by atoms with E-state index < -0.39 is 74.9 Å². The van der Waals surface area contributed by atoms with E-state index in [1.807, 2.05) is 55.4 Å². The van der Waals surface area contributed by atoms with Crippen molar-refractivity contribution in [2.75, 3.05) is 25.0 Å². The normalized spacial score (nSPS) is 20.8. The summed E-state index contributed by atoms with van der Waals surface area (Å²) in [6.07, 6.45) is 7.84. The van der Waals surface area contributed by atoms with Crippen LogP contribution < -0.4 is 37.0 Å². The molecule has 290 valence electrons. The second-order valence-electron chi connectivity index (χ2n) is 17.8. The zero-order valence-electron chi connectivity index (χ0n) is 32.8. The monoisotopic (exact) mass is 726 g/mol. The van der Waals surface area contributed by atoms with E-state index in [1.165, 1.54) is 4.90 Å². The number of hydrogen-bond donors (Lipinski definition) is 4. The fourth-order valence-corrected chi connectivity index (χ4v) is 7.79. The van der Waals surface area contributed by atoms with Gasteiger partial charge < -0.3 is 31.1 Å². The van der Waals surface area contributed by atoms with Crippen molar-refractivity contribution in [3.8, 4) is 0 Å². The van der Waals surface area contributed by atoms with Crippen LogP contribution >= 0.6 is 0 Å². The van der Waals surface area contributed by atoms with Crippen LogP contribution in [-0.4, -0.2) is 84.8 Å². The van der Waals surface area contributed by atoms with Gasteiger partial charge in [-0.25, -0.2) is 4.79 Å².